The van der Waals surface area contributed by atoms with Gasteiger partial charge in [0.15, 0.2) is 15.3 Å². The van der Waals surface area contributed by atoms with Crippen LogP contribution in [0.1, 0.15) is 37.7 Å². The van der Waals surface area contributed by atoms with Crippen molar-refractivity contribution >= 4 is 16.1 Å². The van der Waals surface area contributed by atoms with Crippen molar-refractivity contribution in [2.24, 2.45) is 5.92 Å². The molecular formula is C23H28N2O2S. The zero-order valence-corrected chi connectivity index (χ0v) is 17.1. The van der Waals surface area contributed by atoms with E-state index in [9.17, 15) is 8.76 Å². The average Bonchev–Trinajstić information content (AvgIpc) is 3.54. The first kappa shape index (κ1) is 18.3. The summed E-state index contributed by atoms with van der Waals surface area (Å²) in [5, 5.41) is 0. The van der Waals surface area contributed by atoms with Crippen LogP contribution in [0.2, 0.25) is 0 Å². The smallest absolute Gasteiger partial charge is 0.183 e. The first-order valence-corrected chi connectivity index (χ1v) is 11.9. The van der Waals surface area contributed by atoms with Gasteiger partial charge in [0.1, 0.15) is 0 Å². The van der Waals surface area contributed by atoms with Gasteiger partial charge in [-0.15, -0.1) is 0 Å². The molecular weight excluding hydrogens is 368 g/mol. The summed E-state index contributed by atoms with van der Waals surface area (Å²) in [4.78, 5) is 3.02. The van der Waals surface area contributed by atoms with E-state index >= 15 is 0 Å². The van der Waals surface area contributed by atoms with E-state index in [1.165, 1.54) is 25.7 Å². The molecule has 5 rings (SSSR count). The Bertz CT molecular complexity index is 898. The molecule has 2 aromatic carbocycles. The summed E-state index contributed by atoms with van der Waals surface area (Å²) in [6.45, 7) is 2.78. The summed E-state index contributed by atoms with van der Waals surface area (Å²) >= 11 is 0. The standard InChI is InChI=1S/C23H28N2O2S/c26-28(27,21-9-2-1-3-10-21)25-18-23(16-20-8-4-5-11-22(20)25)14-6-7-15-24(23)17-19-12-13-19/h1-5,8-11,19H,6-7,12-18H2. The van der Waals surface area contributed by atoms with Crippen LogP contribution in [0.4, 0.5) is 5.69 Å². The first-order chi connectivity index (χ1) is 13.6. The van der Waals surface area contributed by atoms with Crippen LogP contribution in [0, 0.1) is 5.92 Å². The number of nitrogens with zero attached hydrogens (tertiary/aromatic N) is 2. The van der Waals surface area contributed by atoms with E-state index < -0.39 is 10.4 Å². The van der Waals surface area contributed by atoms with E-state index in [0.29, 0.717) is 11.4 Å². The Morgan fingerprint density at radius 3 is 2.57 bits per heavy atom. The summed E-state index contributed by atoms with van der Waals surface area (Å²) in [6.07, 6.45) is 7.10. The van der Waals surface area contributed by atoms with Gasteiger partial charge >= 0.3 is 0 Å². The van der Waals surface area contributed by atoms with E-state index in [4.69, 9.17) is 0 Å². The zero-order chi connectivity index (χ0) is 19.2. The van der Waals surface area contributed by atoms with Crippen molar-refractivity contribution in [3.8, 4) is 0 Å². The minimum Gasteiger partial charge on any atom is -0.588 e. The molecule has 0 N–H and O–H groups in total. The van der Waals surface area contributed by atoms with Crippen molar-refractivity contribution < 1.29 is 8.76 Å². The van der Waals surface area contributed by atoms with Crippen LogP contribution < -0.4 is 4.31 Å². The SMILES string of the molecule is O=[S+]([O-])(c1ccccc1)N1CC2(CCCCN2CC2CC2)Cc2ccccc21. The Morgan fingerprint density at radius 1 is 1.04 bits per heavy atom. The van der Waals surface area contributed by atoms with Crippen molar-refractivity contribution in [3.63, 3.8) is 0 Å². The highest BCUT2D eigenvalue weighted by Gasteiger charge is 2.49. The number of hydrogen-bond acceptors (Lipinski definition) is 3. The second-order valence-electron chi connectivity index (χ2n) is 8.70. The van der Waals surface area contributed by atoms with Crippen molar-refractivity contribution in [1.29, 1.82) is 0 Å². The lowest BCUT2D eigenvalue weighted by Gasteiger charge is -2.52. The Hall–Kier alpha value is -1.69. The summed E-state index contributed by atoms with van der Waals surface area (Å²) in [5.74, 6) is 0.811. The first-order valence-electron chi connectivity index (χ1n) is 10.5. The molecule has 0 radical (unpaired) electrons. The Labute approximate surface area is 168 Å². The van der Waals surface area contributed by atoms with Crippen molar-refractivity contribution in [3.05, 3.63) is 60.2 Å². The summed E-state index contributed by atoms with van der Waals surface area (Å²) in [5.41, 5.74) is 1.95. The van der Waals surface area contributed by atoms with Crippen LogP contribution in [0.3, 0.4) is 0 Å². The lowest BCUT2D eigenvalue weighted by atomic mass is 9.78. The maximum absolute atomic E-state index is 13.6. The normalized spacial score (nSPS) is 27.4. The Morgan fingerprint density at radius 2 is 1.79 bits per heavy atom. The summed E-state index contributed by atoms with van der Waals surface area (Å²) < 4.78 is 28.9. The molecule has 28 heavy (non-hydrogen) atoms. The number of para-hydroxylation sites is 1. The van der Waals surface area contributed by atoms with E-state index in [1.54, 1.807) is 28.6 Å². The van der Waals surface area contributed by atoms with Gasteiger partial charge < -0.3 is 4.55 Å². The van der Waals surface area contributed by atoms with Gasteiger partial charge in [-0.1, -0.05) is 47.0 Å². The van der Waals surface area contributed by atoms with E-state index in [-0.39, 0.29) is 5.54 Å². The third-order valence-electron chi connectivity index (χ3n) is 6.72. The number of likely N-dealkylation sites (tertiary alicyclic amines) is 1. The topological polar surface area (TPSA) is 46.6 Å². The highest BCUT2D eigenvalue weighted by Crippen LogP contribution is 2.44. The van der Waals surface area contributed by atoms with Crippen LogP contribution in [0.25, 0.3) is 0 Å². The van der Waals surface area contributed by atoms with Crippen molar-refractivity contribution in [1.82, 2.24) is 4.90 Å². The van der Waals surface area contributed by atoms with Gasteiger partial charge in [-0.3, -0.25) is 4.90 Å². The molecule has 2 unspecified atom stereocenters. The van der Waals surface area contributed by atoms with Gasteiger partial charge in [0, 0.05) is 12.1 Å². The molecule has 2 atom stereocenters. The molecule has 0 amide bonds. The Balaban J connectivity index is 1.57. The molecule has 1 aliphatic carbocycles. The maximum Gasteiger partial charge on any atom is 0.183 e. The molecule has 148 valence electrons. The number of piperidine rings is 1. The maximum atomic E-state index is 13.6. The Kier molecular flexibility index (Phi) is 4.57. The van der Waals surface area contributed by atoms with Gasteiger partial charge in [-0.25, -0.2) is 0 Å². The minimum atomic E-state index is -3.58. The number of hydrogen-bond donors (Lipinski definition) is 0. The molecule has 1 spiro atoms. The fraction of sp³-hybridized carbons (Fsp3) is 0.478. The number of rotatable bonds is 4. The second kappa shape index (κ2) is 6.97. The van der Waals surface area contributed by atoms with Crippen LogP contribution in [0.5, 0.6) is 0 Å². The number of benzene rings is 2. The quantitative estimate of drug-likeness (QED) is 0.725. The van der Waals surface area contributed by atoms with Gasteiger partial charge in [0.25, 0.3) is 0 Å². The minimum absolute atomic E-state index is 0.0724. The van der Waals surface area contributed by atoms with Crippen molar-refractivity contribution in [2.75, 3.05) is 23.9 Å². The number of anilines is 1. The van der Waals surface area contributed by atoms with Crippen LogP contribution in [0.15, 0.2) is 59.5 Å². The predicted octanol–water partition coefficient (Wildman–Crippen LogP) is 4.29. The molecule has 1 saturated carbocycles. The van der Waals surface area contributed by atoms with Crippen LogP contribution in [-0.4, -0.2) is 34.6 Å². The zero-order valence-electron chi connectivity index (χ0n) is 16.3. The molecule has 2 aromatic rings. The molecule has 2 heterocycles. The number of sulfonamides is 1. The largest absolute Gasteiger partial charge is 0.588 e. The lowest BCUT2D eigenvalue weighted by Crippen LogP contribution is -2.63. The molecule has 5 heteroatoms. The van der Waals surface area contributed by atoms with Crippen molar-refractivity contribution in [2.45, 2.75) is 49.0 Å². The molecule has 0 aromatic heterocycles. The van der Waals surface area contributed by atoms with Gasteiger partial charge in [0.2, 0.25) is 0 Å². The lowest BCUT2D eigenvalue weighted by molar-refractivity contribution is 0.0461. The highest BCUT2D eigenvalue weighted by molar-refractivity contribution is 7.99. The van der Waals surface area contributed by atoms with Gasteiger partial charge in [-0.2, -0.15) is 4.31 Å². The van der Waals surface area contributed by atoms with Gasteiger partial charge in [-0.05, 0) is 68.3 Å². The number of fused-ring (bicyclic) bond motifs is 1. The molecule has 1 saturated heterocycles. The fourth-order valence-electron chi connectivity index (χ4n) is 5.03. The van der Waals surface area contributed by atoms with Gasteiger partial charge in [0.05, 0.1) is 12.2 Å². The monoisotopic (exact) mass is 396 g/mol. The van der Waals surface area contributed by atoms with E-state index in [0.717, 1.165) is 43.1 Å². The summed E-state index contributed by atoms with van der Waals surface area (Å²) in [6, 6.07) is 17.0. The molecule has 3 aliphatic rings. The third-order valence-corrected chi connectivity index (χ3v) is 8.49. The molecule has 2 fully saturated rings. The van der Waals surface area contributed by atoms with Crippen LogP contribution in [-0.2, 0) is 21.0 Å². The average molecular weight is 397 g/mol. The van der Waals surface area contributed by atoms with Crippen LogP contribution >= 0.6 is 0 Å². The van der Waals surface area contributed by atoms with E-state index in [2.05, 4.69) is 11.0 Å². The van der Waals surface area contributed by atoms with E-state index in [1.807, 2.05) is 24.3 Å². The molecule has 4 nitrogen and oxygen atoms in total. The third kappa shape index (κ3) is 3.19. The second-order valence-corrected chi connectivity index (χ2v) is 10.6. The fourth-order valence-corrected chi connectivity index (χ4v) is 6.63. The molecule has 0 bridgehead atoms. The summed E-state index contributed by atoms with van der Waals surface area (Å²) in [7, 11) is -3.58. The highest BCUT2D eigenvalue weighted by atomic mass is 32.3. The molecule has 2 aliphatic heterocycles. The predicted molar refractivity (Wildman–Crippen MR) is 112 cm³/mol.